The van der Waals surface area contributed by atoms with Crippen molar-refractivity contribution in [3.05, 3.63) is 35.8 Å². The summed E-state index contributed by atoms with van der Waals surface area (Å²) in [5.41, 5.74) is 2.06. The molecule has 3 heterocycles. The molecule has 0 atom stereocenters. The third-order valence-corrected chi connectivity index (χ3v) is 5.13. The zero-order valence-corrected chi connectivity index (χ0v) is 12.9. The van der Waals surface area contributed by atoms with Crippen LogP contribution in [-0.2, 0) is 4.74 Å². The van der Waals surface area contributed by atoms with E-state index in [4.69, 9.17) is 4.74 Å². The van der Waals surface area contributed by atoms with Crippen molar-refractivity contribution in [1.29, 1.82) is 0 Å². The van der Waals surface area contributed by atoms with Crippen molar-refractivity contribution in [2.75, 3.05) is 24.6 Å². The Balaban J connectivity index is 1.73. The van der Waals surface area contributed by atoms with Crippen molar-refractivity contribution in [3.8, 4) is 0 Å². The number of benzene rings is 1. The highest BCUT2D eigenvalue weighted by molar-refractivity contribution is 6.00. The Kier molecular flexibility index (Phi) is 3.53. The molecule has 1 aromatic carbocycles. The Morgan fingerprint density at radius 1 is 1.26 bits per heavy atom. The molecule has 120 valence electrons. The second-order valence-corrected chi connectivity index (χ2v) is 6.46. The summed E-state index contributed by atoms with van der Waals surface area (Å²) in [5, 5.41) is 0.706. The summed E-state index contributed by atoms with van der Waals surface area (Å²) in [4.78, 5) is 17.9. The van der Waals surface area contributed by atoms with Crippen LogP contribution in [0.2, 0.25) is 0 Å². The number of hydrogen-bond acceptors (Lipinski definition) is 4. The quantitative estimate of drug-likeness (QED) is 0.797. The molecule has 0 amide bonds. The minimum Gasteiger partial charge on any atom is -0.375 e. The summed E-state index contributed by atoms with van der Waals surface area (Å²) in [5.74, 6) is -0.309. The molecule has 2 fully saturated rings. The van der Waals surface area contributed by atoms with Crippen LogP contribution in [0.25, 0.3) is 10.9 Å². The highest BCUT2D eigenvalue weighted by atomic mass is 19.1. The number of piperidine rings is 1. The number of aldehydes is 1. The number of pyridine rings is 1. The highest BCUT2D eigenvalue weighted by Crippen LogP contribution is 2.39. The average Bonchev–Trinajstić information content (AvgIpc) is 3.03. The fraction of sp³-hybridized carbons (Fsp3) is 0.444. The Hall–Kier alpha value is -2.01. The van der Waals surface area contributed by atoms with Crippen LogP contribution in [0.1, 0.15) is 36.0 Å². The number of anilines is 1. The largest absolute Gasteiger partial charge is 0.375 e. The van der Waals surface area contributed by atoms with Gasteiger partial charge in [0.15, 0.2) is 6.29 Å². The fourth-order valence-electron chi connectivity index (χ4n) is 3.89. The summed E-state index contributed by atoms with van der Waals surface area (Å²) in [7, 11) is 0. The van der Waals surface area contributed by atoms with Gasteiger partial charge < -0.3 is 9.64 Å². The second-order valence-electron chi connectivity index (χ2n) is 6.46. The van der Waals surface area contributed by atoms with E-state index in [0.29, 0.717) is 16.5 Å². The van der Waals surface area contributed by atoms with Crippen LogP contribution < -0.4 is 4.90 Å². The van der Waals surface area contributed by atoms with Crippen LogP contribution in [0.4, 0.5) is 10.1 Å². The molecule has 0 radical (unpaired) electrons. The number of hydrogen-bond donors (Lipinski definition) is 0. The smallest absolute Gasteiger partial charge is 0.153 e. The normalized spacial score (nSPS) is 20.3. The maximum absolute atomic E-state index is 13.7. The van der Waals surface area contributed by atoms with Crippen LogP contribution in [0, 0.1) is 5.82 Å². The highest BCUT2D eigenvalue weighted by Gasteiger charge is 2.38. The summed E-state index contributed by atoms with van der Waals surface area (Å²) in [6, 6.07) is 4.53. The number of carbonyl (C=O) groups excluding carboxylic acids is 1. The Labute approximate surface area is 134 Å². The van der Waals surface area contributed by atoms with Crippen molar-refractivity contribution in [2.45, 2.75) is 31.3 Å². The van der Waals surface area contributed by atoms with Crippen LogP contribution in [0.3, 0.4) is 0 Å². The zero-order chi connectivity index (χ0) is 15.9. The predicted molar refractivity (Wildman–Crippen MR) is 86.5 cm³/mol. The van der Waals surface area contributed by atoms with Gasteiger partial charge in [0.25, 0.3) is 0 Å². The van der Waals surface area contributed by atoms with E-state index < -0.39 is 0 Å². The summed E-state index contributed by atoms with van der Waals surface area (Å²) < 4.78 is 19.7. The van der Waals surface area contributed by atoms with E-state index in [0.717, 1.165) is 57.4 Å². The van der Waals surface area contributed by atoms with Crippen molar-refractivity contribution >= 4 is 22.9 Å². The summed E-state index contributed by atoms with van der Waals surface area (Å²) >= 11 is 0. The van der Waals surface area contributed by atoms with E-state index in [1.54, 1.807) is 12.3 Å². The summed E-state index contributed by atoms with van der Waals surface area (Å²) in [6.07, 6.45) is 6.53. The lowest BCUT2D eigenvalue weighted by Crippen LogP contribution is -2.44. The number of halogens is 1. The molecule has 0 unspecified atom stereocenters. The number of fused-ring (bicyclic) bond motifs is 1. The Morgan fingerprint density at radius 2 is 2.09 bits per heavy atom. The van der Waals surface area contributed by atoms with Crippen LogP contribution in [-0.4, -0.2) is 36.6 Å². The Bertz CT molecular complexity index is 746. The second kappa shape index (κ2) is 5.57. The molecule has 23 heavy (non-hydrogen) atoms. The van der Waals surface area contributed by atoms with Gasteiger partial charge in [0.1, 0.15) is 5.82 Å². The van der Waals surface area contributed by atoms with E-state index in [9.17, 15) is 9.18 Å². The van der Waals surface area contributed by atoms with Gasteiger partial charge in [-0.15, -0.1) is 0 Å². The maximum Gasteiger partial charge on any atom is 0.153 e. The van der Waals surface area contributed by atoms with Gasteiger partial charge in [-0.3, -0.25) is 9.78 Å². The molecule has 2 aliphatic heterocycles. The van der Waals surface area contributed by atoms with Gasteiger partial charge in [-0.25, -0.2) is 4.39 Å². The molecule has 5 heteroatoms. The molecule has 1 spiro atoms. The standard InChI is InChI=1S/C18H19FN2O2/c19-14-2-3-16-15(10-14)17(13(12-22)11-20-16)21-7-5-18(6-8-21)4-1-9-23-18/h2-3,10-12H,1,4-9H2. The fourth-order valence-corrected chi connectivity index (χ4v) is 3.89. The molecule has 0 aliphatic carbocycles. The molecule has 1 aromatic heterocycles. The van der Waals surface area contributed by atoms with E-state index >= 15 is 0 Å². The van der Waals surface area contributed by atoms with Crippen molar-refractivity contribution in [2.24, 2.45) is 0 Å². The lowest BCUT2D eigenvalue weighted by molar-refractivity contribution is -0.0145. The van der Waals surface area contributed by atoms with Gasteiger partial charge in [0.2, 0.25) is 0 Å². The third kappa shape index (κ3) is 2.49. The number of nitrogens with zero attached hydrogens (tertiary/aromatic N) is 2. The maximum atomic E-state index is 13.7. The van der Waals surface area contributed by atoms with Crippen molar-refractivity contribution in [1.82, 2.24) is 4.98 Å². The molecule has 0 N–H and O–H groups in total. The zero-order valence-electron chi connectivity index (χ0n) is 12.9. The van der Waals surface area contributed by atoms with E-state index in [-0.39, 0.29) is 11.4 Å². The topological polar surface area (TPSA) is 42.4 Å². The van der Waals surface area contributed by atoms with Crippen molar-refractivity contribution < 1.29 is 13.9 Å². The lowest BCUT2D eigenvalue weighted by Gasteiger charge is -2.40. The van der Waals surface area contributed by atoms with Gasteiger partial charge >= 0.3 is 0 Å². The van der Waals surface area contributed by atoms with E-state index in [2.05, 4.69) is 9.88 Å². The van der Waals surface area contributed by atoms with E-state index in [1.165, 1.54) is 12.1 Å². The molecule has 4 rings (SSSR count). The molecule has 0 bridgehead atoms. The Morgan fingerprint density at radius 3 is 2.78 bits per heavy atom. The van der Waals surface area contributed by atoms with Gasteiger partial charge in [-0.1, -0.05) is 0 Å². The van der Waals surface area contributed by atoms with Gasteiger partial charge in [0, 0.05) is 31.3 Å². The first-order valence-corrected chi connectivity index (χ1v) is 8.13. The SMILES string of the molecule is O=Cc1cnc2ccc(F)cc2c1N1CCC2(CCCO2)CC1. The van der Waals surface area contributed by atoms with Crippen LogP contribution in [0.15, 0.2) is 24.4 Å². The number of aromatic nitrogens is 1. The average molecular weight is 314 g/mol. The first-order valence-electron chi connectivity index (χ1n) is 8.13. The minimum atomic E-state index is -0.309. The van der Waals surface area contributed by atoms with Crippen LogP contribution >= 0.6 is 0 Å². The first-order chi connectivity index (χ1) is 11.2. The molecule has 2 saturated heterocycles. The molecular weight excluding hydrogens is 295 g/mol. The first kappa shape index (κ1) is 14.6. The molecular formula is C18H19FN2O2. The molecule has 0 saturated carbocycles. The van der Waals surface area contributed by atoms with Crippen molar-refractivity contribution in [3.63, 3.8) is 0 Å². The van der Waals surface area contributed by atoms with Gasteiger partial charge in [-0.2, -0.15) is 0 Å². The van der Waals surface area contributed by atoms with E-state index in [1.807, 2.05) is 0 Å². The van der Waals surface area contributed by atoms with Gasteiger partial charge in [0.05, 0.1) is 22.4 Å². The third-order valence-electron chi connectivity index (χ3n) is 5.13. The van der Waals surface area contributed by atoms with Crippen LogP contribution in [0.5, 0.6) is 0 Å². The monoisotopic (exact) mass is 314 g/mol. The molecule has 2 aromatic rings. The number of ether oxygens (including phenoxy) is 1. The summed E-state index contributed by atoms with van der Waals surface area (Å²) in [6.45, 7) is 2.48. The molecule has 4 nitrogen and oxygen atoms in total. The number of carbonyl (C=O) groups is 1. The molecule has 2 aliphatic rings. The van der Waals surface area contributed by atoms with Gasteiger partial charge in [-0.05, 0) is 43.9 Å². The number of rotatable bonds is 2. The predicted octanol–water partition coefficient (Wildman–Crippen LogP) is 3.34. The minimum absolute atomic E-state index is 0.0198. The lowest BCUT2D eigenvalue weighted by atomic mass is 9.88.